The van der Waals surface area contributed by atoms with Crippen LogP contribution in [0.1, 0.15) is 50.6 Å². The normalized spacial score (nSPS) is 12.7. The second kappa shape index (κ2) is 7.38. The number of aromatic amines is 2. The van der Waals surface area contributed by atoms with Gasteiger partial charge in [-0.15, -0.1) is 0 Å². The molecule has 2 aromatic rings. The summed E-state index contributed by atoms with van der Waals surface area (Å²) in [5.74, 6) is 0. The standard InChI is InChI=1S/C18H25N3O3/c1-5-13-15(20-21-16(13)22)14(11-12-9-7-6-8-10-12)19-17(23)24-18(2,3)4/h6-10,14H,5,11H2,1-4H3,(H,19,23)(H2,20,21,22). The molecule has 130 valence electrons. The van der Waals surface area contributed by atoms with Crippen LogP contribution in [0, 0.1) is 0 Å². The van der Waals surface area contributed by atoms with Crippen LogP contribution in [0.4, 0.5) is 4.79 Å². The number of hydrogen-bond donors (Lipinski definition) is 3. The van der Waals surface area contributed by atoms with Gasteiger partial charge in [0.05, 0.1) is 11.7 Å². The molecule has 1 unspecified atom stereocenters. The highest BCUT2D eigenvalue weighted by Crippen LogP contribution is 2.20. The molecule has 6 nitrogen and oxygen atoms in total. The quantitative estimate of drug-likeness (QED) is 0.787. The zero-order valence-electron chi connectivity index (χ0n) is 14.6. The Balaban J connectivity index is 2.27. The van der Waals surface area contributed by atoms with Gasteiger partial charge in [-0.25, -0.2) is 4.79 Å². The van der Waals surface area contributed by atoms with Gasteiger partial charge in [-0.1, -0.05) is 37.3 Å². The number of H-pyrrole nitrogens is 2. The van der Waals surface area contributed by atoms with Crippen molar-refractivity contribution in [2.24, 2.45) is 0 Å². The number of hydrogen-bond acceptors (Lipinski definition) is 3. The molecule has 0 saturated heterocycles. The number of rotatable bonds is 5. The fourth-order valence-electron chi connectivity index (χ4n) is 2.57. The van der Waals surface area contributed by atoms with Crippen molar-refractivity contribution in [1.29, 1.82) is 0 Å². The first-order chi connectivity index (χ1) is 11.3. The molecule has 24 heavy (non-hydrogen) atoms. The number of nitrogens with one attached hydrogen (secondary N) is 3. The number of ether oxygens (including phenoxy) is 1. The predicted molar refractivity (Wildman–Crippen MR) is 93.0 cm³/mol. The van der Waals surface area contributed by atoms with Crippen LogP contribution in [0.25, 0.3) is 0 Å². The second-order valence-corrected chi connectivity index (χ2v) is 6.71. The maximum absolute atomic E-state index is 12.2. The molecule has 0 spiro atoms. The smallest absolute Gasteiger partial charge is 0.408 e. The second-order valence-electron chi connectivity index (χ2n) is 6.71. The minimum absolute atomic E-state index is 0.156. The lowest BCUT2D eigenvalue weighted by Gasteiger charge is -2.23. The van der Waals surface area contributed by atoms with Crippen molar-refractivity contribution in [3.05, 3.63) is 57.5 Å². The summed E-state index contributed by atoms with van der Waals surface area (Å²) < 4.78 is 5.36. The van der Waals surface area contributed by atoms with Crippen molar-refractivity contribution in [3.8, 4) is 0 Å². The molecule has 6 heteroatoms. The maximum Gasteiger partial charge on any atom is 0.408 e. The highest BCUT2D eigenvalue weighted by atomic mass is 16.6. The third kappa shape index (κ3) is 4.75. The van der Waals surface area contributed by atoms with Gasteiger partial charge in [0.1, 0.15) is 5.60 Å². The van der Waals surface area contributed by atoms with E-state index in [1.165, 1.54) is 0 Å². The molecule has 1 heterocycles. The van der Waals surface area contributed by atoms with Gasteiger partial charge in [0.15, 0.2) is 0 Å². The summed E-state index contributed by atoms with van der Waals surface area (Å²) in [5.41, 5.74) is 1.66. The third-order valence-electron chi connectivity index (χ3n) is 3.59. The average molecular weight is 331 g/mol. The van der Waals surface area contributed by atoms with E-state index in [1.54, 1.807) is 0 Å². The largest absolute Gasteiger partial charge is 0.444 e. The summed E-state index contributed by atoms with van der Waals surface area (Å²) in [6, 6.07) is 9.42. The predicted octanol–water partition coefficient (Wildman–Crippen LogP) is 3.07. The van der Waals surface area contributed by atoms with Gasteiger partial charge >= 0.3 is 6.09 Å². The van der Waals surface area contributed by atoms with Crippen molar-refractivity contribution in [2.75, 3.05) is 0 Å². The van der Waals surface area contributed by atoms with Crippen LogP contribution in [0.15, 0.2) is 35.1 Å². The van der Waals surface area contributed by atoms with Gasteiger partial charge in [0, 0.05) is 5.56 Å². The zero-order valence-corrected chi connectivity index (χ0v) is 14.6. The minimum atomic E-state index is -0.583. The maximum atomic E-state index is 12.2. The summed E-state index contributed by atoms with van der Waals surface area (Å²) in [5, 5.41) is 8.38. The summed E-state index contributed by atoms with van der Waals surface area (Å²) in [6.07, 6.45) is 0.628. The number of amides is 1. The molecule has 1 aromatic carbocycles. The topological polar surface area (TPSA) is 87.0 Å². The van der Waals surface area contributed by atoms with Gasteiger partial charge in [-0.3, -0.25) is 15.0 Å². The van der Waals surface area contributed by atoms with Gasteiger partial charge in [-0.05, 0) is 39.2 Å². The Kier molecular flexibility index (Phi) is 5.49. The highest BCUT2D eigenvalue weighted by molar-refractivity contribution is 5.68. The van der Waals surface area contributed by atoms with E-state index in [0.29, 0.717) is 24.1 Å². The molecule has 1 aromatic heterocycles. The highest BCUT2D eigenvalue weighted by Gasteiger charge is 2.24. The van der Waals surface area contributed by atoms with Gasteiger partial charge in [-0.2, -0.15) is 0 Å². The van der Waals surface area contributed by atoms with Crippen LogP contribution in [0.2, 0.25) is 0 Å². The fourth-order valence-corrected chi connectivity index (χ4v) is 2.57. The van der Waals surface area contributed by atoms with Crippen molar-refractivity contribution in [3.63, 3.8) is 0 Å². The Morgan fingerprint density at radius 2 is 1.88 bits per heavy atom. The Hall–Kier alpha value is -2.50. The van der Waals surface area contributed by atoms with Crippen molar-refractivity contribution >= 4 is 6.09 Å². The van der Waals surface area contributed by atoms with Crippen LogP contribution in [-0.2, 0) is 17.6 Å². The Labute approximate surface area is 141 Å². The number of carbonyl (C=O) groups is 1. The van der Waals surface area contributed by atoms with Crippen molar-refractivity contribution in [1.82, 2.24) is 15.5 Å². The monoisotopic (exact) mass is 331 g/mol. The van der Waals surface area contributed by atoms with E-state index in [9.17, 15) is 9.59 Å². The third-order valence-corrected chi connectivity index (χ3v) is 3.59. The SMILES string of the molecule is CCc1c(C(Cc2ccccc2)NC(=O)OC(C)(C)C)[nH][nH]c1=O. The van der Waals surface area contributed by atoms with Crippen LogP contribution >= 0.6 is 0 Å². The van der Waals surface area contributed by atoms with Crippen LogP contribution < -0.4 is 10.9 Å². The lowest BCUT2D eigenvalue weighted by atomic mass is 10.00. The molecule has 1 amide bonds. The molecule has 0 aliphatic carbocycles. The van der Waals surface area contributed by atoms with Crippen molar-refractivity contribution in [2.45, 2.75) is 52.2 Å². The van der Waals surface area contributed by atoms with E-state index in [0.717, 1.165) is 5.56 Å². The first-order valence-electron chi connectivity index (χ1n) is 8.13. The Morgan fingerprint density at radius 3 is 2.46 bits per heavy atom. The zero-order chi connectivity index (χ0) is 17.7. The lowest BCUT2D eigenvalue weighted by Crippen LogP contribution is -2.36. The van der Waals surface area contributed by atoms with E-state index in [2.05, 4.69) is 15.5 Å². The number of carbonyl (C=O) groups excluding carboxylic acids is 1. The molecule has 0 aliphatic rings. The molecule has 1 atom stereocenters. The average Bonchev–Trinajstić information content (AvgIpc) is 2.86. The Morgan fingerprint density at radius 1 is 1.21 bits per heavy atom. The van der Waals surface area contributed by atoms with E-state index in [4.69, 9.17) is 4.74 Å². The summed E-state index contributed by atoms with van der Waals surface area (Å²) >= 11 is 0. The first kappa shape index (κ1) is 17.8. The molecule has 0 fully saturated rings. The molecule has 0 aliphatic heterocycles. The van der Waals surface area contributed by atoms with E-state index < -0.39 is 11.7 Å². The summed E-state index contributed by atoms with van der Waals surface area (Å²) in [6.45, 7) is 7.35. The van der Waals surface area contributed by atoms with Gasteiger partial charge in [0.2, 0.25) is 0 Å². The van der Waals surface area contributed by atoms with Crippen molar-refractivity contribution < 1.29 is 9.53 Å². The summed E-state index contributed by atoms with van der Waals surface area (Å²) in [7, 11) is 0. The van der Waals surface area contributed by atoms with Crippen LogP contribution in [0.3, 0.4) is 0 Å². The minimum Gasteiger partial charge on any atom is -0.444 e. The first-order valence-corrected chi connectivity index (χ1v) is 8.13. The number of alkyl carbamates (subject to hydrolysis) is 1. The molecule has 0 bridgehead atoms. The van der Waals surface area contributed by atoms with Crippen LogP contribution in [-0.4, -0.2) is 21.9 Å². The van der Waals surface area contributed by atoms with E-state index in [1.807, 2.05) is 58.0 Å². The van der Waals surface area contributed by atoms with Crippen LogP contribution in [0.5, 0.6) is 0 Å². The molecule has 3 N–H and O–H groups in total. The van der Waals surface area contributed by atoms with E-state index in [-0.39, 0.29) is 11.6 Å². The number of aromatic nitrogens is 2. The fraction of sp³-hybridized carbons (Fsp3) is 0.444. The van der Waals surface area contributed by atoms with Gasteiger partial charge in [0.25, 0.3) is 5.56 Å². The molecule has 0 saturated carbocycles. The molecular weight excluding hydrogens is 306 g/mol. The lowest BCUT2D eigenvalue weighted by molar-refractivity contribution is 0.0502. The summed E-state index contributed by atoms with van der Waals surface area (Å²) in [4.78, 5) is 24.1. The number of benzene rings is 1. The molecule has 2 rings (SSSR count). The molecular formula is C18H25N3O3. The van der Waals surface area contributed by atoms with Gasteiger partial charge < -0.3 is 10.1 Å². The van der Waals surface area contributed by atoms with E-state index >= 15 is 0 Å². The molecule has 0 radical (unpaired) electrons. The Bertz CT molecular complexity index is 726.